The average molecular weight is 254 g/mol. The molecule has 0 fully saturated rings. The van der Waals surface area contributed by atoms with E-state index in [1.165, 1.54) is 0 Å². The fraction of sp³-hybridized carbons (Fsp3) is 0.200. The Kier molecular flexibility index (Phi) is 2.71. The predicted molar refractivity (Wildman–Crippen MR) is 72.1 cm³/mol. The van der Waals surface area contributed by atoms with E-state index in [1.807, 2.05) is 31.2 Å². The van der Waals surface area contributed by atoms with E-state index in [1.54, 1.807) is 12.4 Å². The molecule has 0 bridgehead atoms. The predicted octanol–water partition coefficient (Wildman–Crippen LogP) is 2.68. The van der Waals surface area contributed by atoms with E-state index < -0.39 is 0 Å². The topological polar surface area (TPSA) is 65.2 Å². The number of hydrogen-bond donors (Lipinski definition) is 1. The van der Waals surface area contributed by atoms with Gasteiger partial charge in [-0.2, -0.15) is 0 Å². The number of fused-ring (bicyclic) bond motifs is 1. The number of aryl methyl sites for hydroxylation is 1. The lowest BCUT2D eigenvalue weighted by Gasteiger charge is -2.26. The summed E-state index contributed by atoms with van der Waals surface area (Å²) >= 11 is 0. The number of ether oxygens (including phenoxy) is 1. The highest BCUT2D eigenvalue weighted by atomic mass is 16.5. The lowest BCUT2D eigenvalue weighted by molar-refractivity contribution is 0.0851. The molecule has 0 saturated heterocycles. The largest absolute Gasteiger partial charge is 0.482 e. The maximum Gasteiger partial charge on any atom is 0.170 e. The van der Waals surface area contributed by atoms with Crippen LogP contribution in [-0.2, 0) is 0 Å². The van der Waals surface area contributed by atoms with Crippen LogP contribution in [0.4, 0.5) is 5.69 Å². The number of hydrogen-bond acceptors (Lipinski definition) is 4. The third kappa shape index (κ3) is 2.05. The van der Waals surface area contributed by atoms with Crippen molar-refractivity contribution in [2.24, 2.45) is 0 Å². The molecule has 1 aliphatic rings. The van der Waals surface area contributed by atoms with E-state index in [9.17, 15) is 4.79 Å². The number of nitrogens with two attached hydrogens (primary N) is 1. The second-order valence-electron chi connectivity index (χ2n) is 4.75. The lowest BCUT2D eigenvalue weighted by atomic mass is 9.95. The molecule has 3 rings (SSSR count). The number of ketones is 1. The molecular weight excluding hydrogens is 240 g/mol. The summed E-state index contributed by atoms with van der Waals surface area (Å²) in [6.07, 6.45) is 3.43. The van der Waals surface area contributed by atoms with Gasteiger partial charge in [0.25, 0.3) is 0 Å². The Morgan fingerprint density at radius 1 is 1.32 bits per heavy atom. The van der Waals surface area contributed by atoms with Gasteiger partial charge in [-0.1, -0.05) is 0 Å². The zero-order valence-corrected chi connectivity index (χ0v) is 10.6. The highest BCUT2D eigenvalue weighted by molar-refractivity contribution is 6.01. The first kappa shape index (κ1) is 11.7. The van der Waals surface area contributed by atoms with Crippen LogP contribution in [0.15, 0.2) is 36.7 Å². The van der Waals surface area contributed by atoms with Gasteiger partial charge in [-0.25, -0.2) is 0 Å². The van der Waals surface area contributed by atoms with Gasteiger partial charge < -0.3 is 10.5 Å². The molecule has 0 radical (unpaired) electrons. The summed E-state index contributed by atoms with van der Waals surface area (Å²) in [7, 11) is 0. The highest BCUT2D eigenvalue weighted by Crippen LogP contribution is 2.39. The van der Waals surface area contributed by atoms with Gasteiger partial charge in [0.15, 0.2) is 11.5 Å². The van der Waals surface area contributed by atoms with Crippen molar-refractivity contribution in [3.8, 4) is 5.75 Å². The first-order valence-corrected chi connectivity index (χ1v) is 6.15. The number of aromatic nitrogens is 1. The Labute approximate surface area is 111 Å². The maximum atomic E-state index is 12.2. The summed E-state index contributed by atoms with van der Waals surface area (Å²) in [6, 6.07) is 7.36. The average Bonchev–Trinajstić information content (AvgIpc) is 2.41. The molecule has 96 valence electrons. The number of anilines is 1. The normalized spacial score (nSPS) is 17.7. The molecule has 0 amide bonds. The van der Waals surface area contributed by atoms with Gasteiger partial charge in [-0.3, -0.25) is 9.78 Å². The quantitative estimate of drug-likeness (QED) is 0.794. The van der Waals surface area contributed by atoms with Crippen molar-refractivity contribution in [3.05, 3.63) is 53.3 Å². The molecule has 0 spiro atoms. The summed E-state index contributed by atoms with van der Waals surface area (Å²) in [5.74, 6) is 0.571. The monoisotopic (exact) mass is 254 g/mol. The summed E-state index contributed by atoms with van der Waals surface area (Å²) in [5.41, 5.74) is 8.96. The minimum absolute atomic E-state index is 0.0680. The lowest BCUT2D eigenvalue weighted by Crippen LogP contribution is -2.21. The van der Waals surface area contributed by atoms with E-state index in [0.717, 1.165) is 11.1 Å². The van der Waals surface area contributed by atoms with Gasteiger partial charge in [0.2, 0.25) is 0 Å². The minimum Gasteiger partial charge on any atom is -0.482 e. The number of carbonyl (C=O) groups excluding carboxylic acids is 1. The van der Waals surface area contributed by atoms with Gasteiger partial charge in [0.05, 0.1) is 17.7 Å². The smallest absolute Gasteiger partial charge is 0.170 e. The number of rotatable bonds is 1. The molecule has 1 aliphatic heterocycles. The van der Waals surface area contributed by atoms with Crippen LogP contribution in [0.5, 0.6) is 5.75 Å². The maximum absolute atomic E-state index is 12.2. The Morgan fingerprint density at radius 2 is 2.05 bits per heavy atom. The Bertz CT molecular complexity index is 638. The fourth-order valence-electron chi connectivity index (χ4n) is 2.37. The third-order valence-corrected chi connectivity index (χ3v) is 3.27. The zero-order valence-electron chi connectivity index (χ0n) is 10.6. The van der Waals surface area contributed by atoms with E-state index in [-0.39, 0.29) is 11.9 Å². The summed E-state index contributed by atoms with van der Waals surface area (Å²) in [6.45, 7) is 1.92. The van der Waals surface area contributed by atoms with Crippen LogP contribution in [0.25, 0.3) is 0 Å². The molecule has 1 atom stereocenters. The molecule has 4 heteroatoms. The van der Waals surface area contributed by atoms with E-state index in [0.29, 0.717) is 23.4 Å². The highest BCUT2D eigenvalue weighted by Gasteiger charge is 2.29. The first-order valence-electron chi connectivity index (χ1n) is 6.15. The van der Waals surface area contributed by atoms with Crippen LogP contribution < -0.4 is 10.5 Å². The van der Waals surface area contributed by atoms with E-state index in [2.05, 4.69) is 4.98 Å². The van der Waals surface area contributed by atoms with Crippen molar-refractivity contribution in [3.63, 3.8) is 0 Å². The summed E-state index contributed by atoms with van der Waals surface area (Å²) in [5, 5.41) is 0. The van der Waals surface area contributed by atoms with Crippen molar-refractivity contribution >= 4 is 11.5 Å². The molecule has 1 aromatic carbocycles. The molecule has 2 aromatic rings. The standard InChI is InChI=1S/C15H14N2O2/c1-9-6-11-13(18)8-14(10-2-4-17-5-3-10)19-15(11)12(16)7-9/h2-7,14H,8,16H2,1H3. The zero-order chi connectivity index (χ0) is 13.4. The number of Topliss-reactive ketones (excluding diaryl/α,β-unsaturated/α-hetero) is 1. The van der Waals surface area contributed by atoms with Crippen molar-refractivity contribution in [1.82, 2.24) is 4.98 Å². The molecule has 0 aliphatic carbocycles. The number of benzene rings is 1. The fourth-order valence-corrected chi connectivity index (χ4v) is 2.37. The van der Waals surface area contributed by atoms with Crippen LogP contribution in [0.2, 0.25) is 0 Å². The Balaban J connectivity index is 2.03. The second kappa shape index (κ2) is 4.39. The van der Waals surface area contributed by atoms with Crippen LogP contribution in [0.3, 0.4) is 0 Å². The van der Waals surface area contributed by atoms with Crippen molar-refractivity contribution in [1.29, 1.82) is 0 Å². The van der Waals surface area contributed by atoms with Crippen LogP contribution >= 0.6 is 0 Å². The van der Waals surface area contributed by atoms with Gasteiger partial charge in [0, 0.05) is 12.4 Å². The SMILES string of the molecule is Cc1cc(N)c2c(c1)C(=O)CC(c1ccncc1)O2. The molecule has 4 nitrogen and oxygen atoms in total. The second-order valence-corrected chi connectivity index (χ2v) is 4.75. The summed E-state index contributed by atoms with van der Waals surface area (Å²) in [4.78, 5) is 16.2. The number of nitrogen functional groups attached to an aromatic ring is 1. The Hall–Kier alpha value is -2.36. The molecule has 2 N–H and O–H groups in total. The van der Waals surface area contributed by atoms with Crippen LogP contribution in [0.1, 0.15) is 34.0 Å². The van der Waals surface area contributed by atoms with Gasteiger partial charge in [-0.15, -0.1) is 0 Å². The number of pyridine rings is 1. The Morgan fingerprint density at radius 3 is 2.79 bits per heavy atom. The van der Waals surface area contributed by atoms with Crippen LogP contribution in [-0.4, -0.2) is 10.8 Å². The van der Waals surface area contributed by atoms with Gasteiger partial charge in [0.1, 0.15) is 6.10 Å². The number of carbonyl (C=O) groups is 1. The van der Waals surface area contributed by atoms with Gasteiger partial charge in [-0.05, 0) is 42.3 Å². The molecular formula is C15H14N2O2. The van der Waals surface area contributed by atoms with Crippen LogP contribution in [0, 0.1) is 6.92 Å². The van der Waals surface area contributed by atoms with Crippen molar-refractivity contribution in [2.45, 2.75) is 19.4 Å². The van der Waals surface area contributed by atoms with Gasteiger partial charge >= 0.3 is 0 Å². The minimum atomic E-state index is -0.284. The first-order chi connectivity index (χ1) is 9.15. The molecule has 1 unspecified atom stereocenters. The van der Waals surface area contributed by atoms with E-state index in [4.69, 9.17) is 10.5 Å². The van der Waals surface area contributed by atoms with Crippen molar-refractivity contribution < 1.29 is 9.53 Å². The molecule has 1 aromatic heterocycles. The number of nitrogens with zero attached hydrogens (tertiary/aromatic N) is 1. The molecule has 0 saturated carbocycles. The van der Waals surface area contributed by atoms with E-state index >= 15 is 0 Å². The summed E-state index contributed by atoms with van der Waals surface area (Å²) < 4.78 is 5.90. The third-order valence-electron chi connectivity index (χ3n) is 3.27. The molecule has 2 heterocycles. The molecule has 19 heavy (non-hydrogen) atoms. The van der Waals surface area contributed by atoms with Crippen molar-refractivity contribution in [2.75, 3.05) is 5.73 Å².